The van der Waals surface area contributed by atoms with Gasteiger partial charge in [-0.15, -0.1) is 0 Å². The zero-order valence-electron chi connectivity index (χ0n) is 13.6. The maximum absolute atomic E-state index is 12.5. The largest absolute Gasteiger partial charge is 0.345 e. The summed E-state index contributed by atoms with van der Waals surface area (Å²) in [6, 6.07) is 7.62. The predicted molar refractivity (Wildman–Crippen MR) is 90.3 cm³/mol. The van der Waals surface area contributed by atoms with Crippen molar-refractivity contribution in [2.24, 2.45) is 5.41 Å². The van der Waals surface area contributed by atoms with Crippen LogP contribution in [-0.2, 0) is 16.0 Å². The molecule has 4 nitrogen and oxygen atoms in total. The Bertz CT molecular complexity index is 602. The summed E-state index contributed by atoms with van der Waals surface area (Å²) in [5, 5.41) is 0.710. The third kappa shape index (κ3) is 3.37. The Morgan fingerprint density at radius 1 is 1.22 bits per heavy atom. The van der Waals surface area contributed by atoms with Gasteiger partial charge in [-0.05, 0) is 43.4 Å². The molecule has 1 aromatic carbocycles. The Hall–Kier alpha value is -1.55. The highest BCUT2D eigenvalue weighted by atomic mass is 35.5. The second-order valence-corrected chi connectivity index (χ2v) is 7.24. The molecule has 2 aliphatic heterocycles. The number of hydrogen-bond acceptors (Lipinski definition) is 2. The van der Waals surface area contributed by atoms with E-state index in [4.69, 9.17) is 11.6 Å². The van der Waals surface area contributed by atoms with Crippen LogP contribution in [0, 0.1) is 5.41 Å². The topological polar surface area (TPSA) is 40.6 Å². The van der Waals surface area contributed by atoms with E-state index in [0.717, 1.165) is 31.4 Å². The standard InChI is InChI=1S/C18H23ClN2O2/c1-20-11-2-9-18(17(20)23)10-12-21(13-18)16(22)8-5-14-3-6-15(19)7-4-14/h3-4,6-7H,2,5,8-13H2,1H3/t18-/m1/s1. The first kappa shape index (κ1) is 16.3. The Morgan fingerprint density at radius 2 is 1.96 bits per heavy atom. The highest BCUT2D eigenvalue weighted by molar-refractivity contribution is 6.30. The number of piperidine rings is 1. The second kappa shape index (κ2) is 6.52. The van der Waals surface area contributed by atoms with Crippen molar-refractivity contribution >= 4 is 23.4 Å². The molecule has 1 aromatic rings. The van der Waals surface area contributed by atoms with Crippen molar-refractivity contribution in [1.29, 1.82) is 0 Å². The minimum Gasteiger partial charge on any atom is -0.345 e. The van der Waals surface area contributed by atoms with Crippen molar-refractivity contribution in [3.05, 3.63) is 34.9 Å². The summed E-state index contributed by atoms with van der Waals surface area (Å²) in [5.41, 5.74) is 0.799. The third-order valence-corrected chi connectivity index (χ3v) is 5.45. The summed E-state index contributed by atoms with van der Waals surface area (Å²) in [6.07, 6.45) is 3.96. The lowest BCUT2D eigenvalue weighted by atomic mass is 9.78. The Morgan fingerprint density at radius 3 is 2.70 bits per heavy atom. The van der Waals surface area contributed by atoms with E-state index < -0.39 is 0 Å². The van der Waals surface area contributed by atoms with Crippen LogP contribution < -0.4 is 0 Å². The average Bonchev–Trinajstić information content (AvgIpc) is 2.97. The molecule has 2 aliphatic rings. The van der Waals surface area contributed by atoms with Gasteiger partial charge in [-0.2, -0.15) is 0 Å². The molecule has 0 saturated carbocycles. The average molecular weight is 335 g/mol. The van der Waals surface area contributed by atoms with Gasteiger partial charge in [0.1, 0.15) is 0 Å². The van der Waals surface area contributed by atoms with E-state index in [2.05, 4.69) is 0 Å². The normalized spacial score (nSPS) is 24.5. The lowest BCUT2D eigenvalue weighted by molar-refractivity contribution is -0.144. The molecule has 124 valence electrons. The van der Waals surface area contributed by atoms with Gasteiger partial charge in [-0.25, -0.2) is 0 Å². The number of nitrogens with zero attached hydrogens (tertiary/aromatic N) is 2. The smallest absolute Gasteiger partial charge is 0.230 e. The number of likely N-dealkylation sites (tertiary alicyclic amines) is 2. The number of benzene rings is 1. The van der Waals surface area contributed by atoms with Crippen LogP contribution in [-0.4, -0.2) is 48.3 Å². The van der Waals surface area contributed by atoms with Gasteiger partial charge in [0.25, 0.3) is 0 Å². The summed E-state index contributed by atoms with van der Waals surface area (Å²) >= 11 is 5.87. The van der Waals surface area contributed by atoms with Crippen molar-refractivity contribution in [2.45, 2.75) is 32.1 Å². The van der Waals surface area contributed by atoms with E-state index in [9.17, 15) is 9.59 Å². The van der Waals surface area contributed by atoms with Crippen LogP contribution in [0.1, 0.15) is 31.2 Å². The zero-order valence-corrected chi connectivity index (χ0v) is 14.3. The van der Waals surface area contributed by atoms with Gasteiger partial charge < -0.3 is 9.80 Å². The summed E-state index contributed by atoms with van der Waals surface area (Å²) in [4.78, 5) is 28.7. The molecular formula is C18H23ClN2O2. The molecule has 0 N–H and O–H groups in total. The first-order valence-corrected chi connectivity index (χ1v) is 8.66. The summed E-state index contributed by atoms with van der Waals surface area (Å²) in [5.74, 6) is 0.370. The monoisotopic (exact) mass is 334 g/mol. The van der Waals surface area contributed by atoms with Crippen molar-refractivity contribution in [2.75, 3.05) is 26.7 Å². The highest BCUT2D eigenvalue weighted by Gasteiger charge is 2.48. The molecule has 1 spiro atoms. The first-order chi connectivity index (χ1) is 11.0. The predicted octanol–water partition coefficient (Wildman–Crippen LogP) is 2.74. The number of carbonyl (C=O) groups is 2. The minimum atomic E-state index is -0.317. The molecule has 0 radical (unpaired) electrons. The fraction of sp³-hybridized carbons (Fsp3) is 0.556. The molecule has 0 aliphatic carbocycles. The van der Waals surface area contributed by atoms with Gasteiger partial charge in [0.2, 0.25) is 11.8 Å². The maximum Gasteiger partial charge on any atom is 0.230 e. The van der Waals surface area contributed by atoms with Crippen LogP contribution in [0.5, 0.6) is 0 Å². The first-order valence-electron chi connectivity index (χ1n) is 8.28. The number of aryl methyl sites for hydroxylation is 1. The quantitative estimate of drug-likeness (QED) is 0.852. The third-order valence-electron chi connectivity index (χ3n) is 5.20. The van der Waals surface area contributed by atoms with Crippen molar-refractivity contribution in [3.8, 4) is 0 Å². The second-order valence-electron chi connectivity index (χ2n) is 6.80. The Kier molecular flexibility index (Phi) is 4.62. The molecule has 0 unspecified atom stereocenters. The molecule has 23 heavy (non-hydrogen) atoms. The number of carbonyl (C=O) groups excluding carboxylic acids is 2. The van der Waals surface area contributed by atoms with Crippen LogP contribution in [0.4, 0.5) is 0 Å². The van der Waals surface area contributed by atoms with Gasteiger partial charge >= 0.3 is 0 Å². The fourth-order valence-corrected chi connectivity index (χ4v) is 3.92. The SMILES string of the molecule is CN1CCC[C@]2(CCN(C(=O)CCc3ccc(Cl)cc3)C2)C1=O. The van der Waals surface area contributed by atoms with Crippen LogP contribution in [0.25, 0.3) is 0 Å². The molecule has 0 aromatic heterocycles. The molecule has 2 saturated heterocycles. The van der Waals surface area contributed by atoms with Gasteiger partial charge in [-0.1, -0.05) is 23.7 Å². The van der Waals surface area contributed by atoms with Crippen LogP contribution in [0.3, 0.4) is 0 Å². The van der Waals surface area contributed by atoms with E-state index in [1.807, 2.05) is 41.1 Å². The van der Waals surface area contributed by atoms with Crippen molar-refractivity contribution in [1.82, 2.24) is 9.80 Å². The Balaban J connectivity index is 1.57. The molecule has 1 atom stereocenters. The maximum atomic E-state index is 12.5. The molecule has 2 amide bonds. The molecular weight excluding hydrogens is 312 g/mol. The summed E-state index contributed by atoms with van der Waals surface area (Å²) in [6.45, 7) is 2.14. The van der Waals surface area contributed by atoms with Crippen molar-refractivity contribution < 1.29 is 9.59 Å². The van der Waals surface area contributed by atoms with Gasteiger partial charge in [-0.3, -0.25) is 9.59 Å². The highest BCUT2D eigenvalue weighted by Crippen LogP contribution is 2.39. The number of hydrogen-bond donors (Lipinski definition) is 0. The van der Waals surface area contributed by atoms with Gasteiger partial charge in [0, 0.05) is 38.1 Å². The van der Waals surface area contributed by atoms with E-state index in [1.54, 1.807) is 0 Å². The van der Waals surface area contributed by atoms with Gasteiger partial charge in [0.15, 0.2) is 0 Å². The molecule has 3 rings (SSSR count). The van der Waals surface area contributed by atoms with E-state index in [0.29, 0.717) is 31.0 Å². The van der Waals surface area contributed by atoms with E-state index in [1.165, 1.54) is 0 Å². The molecule has 2 fully saturated rings. The fourth-order valence-electron chi connectivity index (χ4n) is 3.79. The van der Waals surface area contributed by atoms with Crippen LogP contribution in [0.15, 0.2) is 24.3 Å². The van der Waals surface area contributed by atoms with E-state index in [-0.39, 0.29) is 17.2 Å². The minimum absolute atomic E-state index is 0.151. The lowest BCUT2D eigenvalue weighted by Crippen LogP contribution is -2.48. The van der Waals surface area contributed by atoms with Gasteiger partial charge in [0.05, 0.1) is 5.41 Å². The lowest BCUT2D eigenvalue weighted by Gasteiger charge is -2.37. The Labute approximate surface area is 142 Å². The summed E-state index contributed by atoms with van der Waals surface area (Å²) < 4.78 is 0. The van der Waals surface area contributed by atoms with E-state index >= 15 is 0 Å². The molecule has 0 bridgehead atoms. The number of halogens is 1. The van der Waals surface area contributed by atoms with Crippen LogP contribution >= 0.6 is 11.6 Å². The number of rotatable bonds is 3. The summed E-state index contributed by atoms with van der Waals surface area (Å²) in [7, 11) is 1.87. The number of amides is 2. The zero-order chi connectivity index (χ0) is 16.4. The molecule has 5 heteroatoms. The molecule has 2 heterocycles. The van der Waals surface area contributed by atoms with Crippen LogP contribution in [0.2, 0.25) is 5.02 Å². The van der Waals surface area contributed by atoms with Crippen molar-refractivity contribution in [3.63, 3.8) is 0 Å².